The molecule has 10 heteroatoms. The Hall–Kier alpha value is -4.86. The first-order chi connectivity index (χ1) is 18.4. The van der Waals surface area contributed by atoms with Crippen molar-refractivity contribution in [2.75, 3.05) is 26.1 Å². The van der Waals surface area contributed by atoms with Gasteiger partial charge in [0.15, 0.2) is 11.5 Å². The van der Waals surface area contributed by atoms with Crippen LogP contribution in [0.1, 0.15) is 35.7 Å². The van der Waals surface area contributed by atoms with Crippen molar-refractivity contribution in [1.29, 1.82) is 0 Å². The Kier molecular flexibility index (Phi) is 10.2. The molecule has 0 radical (unpaired) electrons. The molecule has 2 amide bonds. The van der Waals surface area contributed by atoms with Crippen molar-refractivity contribution in [1.82, 2.24) is 5.43 Å². The van der Waals surface area contributed by atoms with Crippen LogP contribution in [0.3, 0.4) is 0 Å². The fourth-order valence-corrected chi connectivity index (χ4v) is 3.13. The van der Waals surface area contributed by atoms with Crippen LogP contribution in [0.2, 0.25) is 0 Å². The van der Waals surface area contributed by atoms with Crippen LogP contribution in [0.5, 0.6) is 23.0 Å². The monoisotopic (exact) mass is 519 g/mol. The van der Waals surface area contributed by atoms with E-state index in [0.717, 1.165) is 12.8 Å². The molecule has 198 valence electrons. The summed E-state index contributed by atoms with van der Waals surface area (Å²) in [5.74, 6) is -0.697. The van der Waals surface area contributed by atoms with Crippen LogP contribution in [-0.4, -0.2) is 44.8 Å². The van der Waals surface area contributed by atoms with Crippen LogP contribution in [0.4, 0.5) is 5.69 Å². The quantitative estimate of drug-likeness (QED) is 0.0972. The average Bonchev–Trinajstić information content (AvgIpc) is 2.94. The number of rotatable bonds is 11. The van der Waals surface area contributed by atoms with Crippen molar-refractivity contribution in [3.8, 4) is 23.0 Å². The summed E-state index contributed by atoms with van der Waals surface area (Å²) >= 11 is 0. The van der Waals surface area contributed by atoms with Crippen molar-refractivity contribution in [2.24, 2.45) is 5.10 Å². The van der Waals surface area contributed by atoms with Gasteiger partial charge in [0, 0.05) is 11.8 Å². The van der Waals surface area contributed by atoms with E-state index in [9.17, 15) is 14.4 Å². The zero-order valence-electron chi connectivity index (χ0n) is 21.4. The van der Waals surface area contributed by atoms with Crippen molar-refractivity contribution >= 4 is 29.7 Å². The number of carbonyl (C=O) groups is 3. The summed E-state index contributed by atoms with van der Waals surface area (Å²) in [4.78, 5) is 36.7. The van der Waals surface area contributed by atoms with Gasteiger partial charge in [-0.2, -0.15) is 5.10 Å². The van der Waals surface area contributed by atoms with Crippen LogP contribution in [0.15, 0.2) is 71.8 Å². The van der Waals surface area contributed by atoms with Crippen LogP contribution < -0.4 is 29.7 Å². The number of hydrogen-bond acceptors (Lipinski definition) is 8. The Labute approximate surface area is 220 Å². The molecule has 0 heterocycles. The molecule has 0 fully saturated rings. The predicted octanol–water partition coefficient (Wildman–Crippen LogP) is 4.19. The lowest BCUT2D eigenvalue weighted by Crippen LogP contribution is -2.32. The molecule has 0 saturated carbocycles. The summed E-state index contributed by atoms with van der Waals surface area (Å²) in [6.07, 6.45) is 3.31. The molecule has 0 aliphatic carbocycles. The first-order valence-electron chi connectivity index (χ1n) is 11.8. The molecule has 0 aromatic heterocycles. The van der Waals surface area contributed by atoms with Crippen molar-refractivity contribution in [3.63, 3.8) is 0 Å². The fourth-order valence-electron chi connectivity index (χ4n) is 3.13. The van der Waals surface area contributed by atoms with E-state index in [4.69, 9.17) is 18.9 Å². The molecular weight excluding hydrogens is 490 g/mol. The molecule has 0 aliphatic rings. The third-order valence-electron chi connectivity index (χ3n) is 5.16. The van der Waals surface area contributed by atoms with Crippen LogP contribution in [-0.2, 0) is 9.59 Å². The number of benzene rings is 3. The highest BCUT2D eigenvalue weighted by Gasteiger charge is 2.15. The molecule has 3 aromatic rings. The third kappa shape index (κ3) is 8.09. The Morgan fingerprint density at radius 2 is 1.66 bits per heavy atom. The van der Waals surface area contributed by atoms with Gasteiger partial charge in [0.2, 0.25) is 0 Å². The lowest BCUT2D eigenvalue weighted by Gasteiger charge is -2.10. The fraction of sp³-hybridized carbons (Fsp3) is 0.214. The zero-order chi connectivity index (χ0) is 27.3. The maximum atomic E-state index is 12.6. The largest absolute Gasteiger partial charge is 0.497 e. The summed E-state index contributed by atoms with van der Waals surface area (Å²) < 4.78 is 21.5. The van der Waals surface area contributed by atoms with Crippen LogP contribution in [0, 0.1) is 0 Å². The van der Waals surface area contributed by atoms with Gasteiger partial charge in [0.05, 0.1) is 32.6 Å². The molecule has 0 aliphatic heterocycles. The Balaban J connectivity index is 1.56. The highest BCUT2D eigenvalue weighted by Crippen LogP contribution is 2.28. The first-order valence-corrected chi connectivity index (χ1v) is 11.8. The summed E-state index contributed by atoms with van der Waals surface area (Å²) in [5.41, 5.74) is 3.45. The van der Waals surface area contributed by atoms with E-state index in [-0.39, 0.29) is 11.5 Å². The number of hydrogen-bond donors (Lipinski definition) is 2. The summed E-state index contributed by atoms with van der Waals surface area (Å²) in [5, 5.41) is 6.26. The number of nitrogens with one attached hydrogen (secondary N) is 2. The number of esters is 1. The Morgan fingerprint density at radius 1 is 0.868 bits per heavy atom. The summed E-state index contributed by atoms with van der Waals surface area (Å²) in [6, 6.07) is 18.0. The van der Waals surface area contributed by atoms with Gasteiger partial charge in [-0.15, -0.1) is 0 Å². The average molecular weight is 520 g/mol. The SMILES string of the molecule is CCCCOc1ccc(C(=O)Oc2ccc(C=NNC(=O)C(=O)Nc3cccc(OC)c3)cc2OC)cc1. The highest BCUT2D eigenvalue weighted by molar-refractivity contribution is 6.39. The normalized spacial score (nSPS) is 10.5. The number of ether oxygens (including phenoxy) is 4. The molecule has 0 spiro atoms. The van der Waals surface area contributed by atoms with E-state index in [0.29, 0.717) is 34.9 Å². The maximum Gasteiger partial charge on any atom is 0.343 e. The molecule has 0 bridgehead atoms. The van der Waals surface area contributed by atoms with Gasteiger partial charge < -0.3 is 24.3 Å². The number of anilines is 1. The minimum atomic E-state index is -0.955. The summed E-state index contributed by atoms with van der Waals surface area (Å²) in [6.45, 7) is 2.70. The molecule has 0 unspecified atom stereocenters. The topological polar surface area (TPSA) is 125 Å². The Bertz CT molecular complexity index is 1290. The van der Waals surface area contributed by atoms with E-state index in [1.807, 2.05) is 0 Å². The summed E-state index contributed by atoms with van der Waals surface area (Å²) in [7, 11) is 2.93. The van der Waals surface area contributed by atoms with Crippen LogP contribution in [0.25, 0.3) is 0 Å². The molecule has 38 heavy (non-hydrogen) atoms. The second-order valence-corrected chi connectivity index (χ2v) is 7.91. The number of hydrazone groups is 1. The lowest BCUT2D eigenvalue weighted by molar-refractivity contribution is -0.136. The molecule has 0 atom stereocenters. The van der Waals surface area contributed by atoms with Crippen molar-refractivity contribution in [2.45, 2.75) is 19.8 Å². The van der Waals surface area contributed by atoms with E-state index >= 15 is 0 Å². The standard InChI is InChI=1S/C28H29N3O7/c1-4-5-15-37-22-12-10-20(11-13-22)28(34)38-24-14-9-19(16-25(24)36-3)18-29-31-27(33)26(32)30-21-7-6-8-23(17-21)35-2/h6-14,16-18H,4-5,15H2,1-3H3,(H,30,32)(H,31,33). The number of nitrogens with zero attached hydrogens (tertiary/aromatic N) is 1. The number of methoxy groups -OCH3 is 2. The van der Waals surface area contributed by atoms with Crippen molar-refractivity contribution < 1.29 is 33.3 Å². The third-order valence-corrected chi connectivity index (χ3v) is 5.16. The van der Waals surface area contributed by atoms with E-state index in [1.165, 1.54) is 26.5 Å². The second kappa shape index (κ2) is 14.0. The van der Waals surface area contributed by atoms with Crippen LogP contribution >= 0.6 is 0 Å². The predicted molar refractivity (Wildman–Crippen MR) is 142 cm³/mol. The van der Waals surface area contributed by atoms with E-state index in [1.54, 1.807) is 60.7 Å². The maximum absolute atomic E-state index is 12.6. The van der Waals surface area contributed by atoms with Gasteiger partial charge in [-0.25, -0.2) is 10.2 Å². The van der Waals surface area contributed by atoms with E-state index in [2.05, 4.69) is 22.8 Å². The molecule has 3 aromatic carbocycles. The van der Waals surface area contributed by atoms with Gasteiger partial charge in [0.25, 0.3) is 0 Å². The van der Waals surface area contributed by atoms with Gasteiger partial charge in [0.1, 0.15) is 11.5 Å². The Morgan fingerprint density at radius 3 is 2.37 bits per heavy atom. The van der Waals surface area contributed by atoms with Gasteiger partial charge in [-0.05, 0) is 66.6 Å². The number of unbranched alkanes of at least 4 members (excludes halogenated alkanes) is 1. The van der Waals surface area contributed by atoms with Gasteiger partial charge in [-0.3, -0.25) is 9.59 Å². The molecule has 10 nitrogen and oxygen atoms in total. The zero-order valence-corrected chi connectivity index (χ0v) is 21.4. The number of carbonyl (C=O) groups excluding carboxylic acids is 3. The first kappa shape index (κ1) is 27.7. The smallest absolute Gasteiger partial charge is 0.343 e. The molecule has 0 saturated heterocycles. The van der Waals surface area contributed by atoms with Gasteiger partial charge in [-0.1, -0.05) is 19.4 Å². The molecular formula is C28H29N3O7. The number of amides is 2. The second-order valence-electron chi connectivity index (χ2n) is 7.91. The minimum absolute atomic E-state index is 0.208. The highest BCUT2D eigenvalue weighted by atomic mass is 16.6. The van der Waals surface area contributed by atoms with E-state index < -0.39 is 17.8 Å². The van der Waals surface area contributed by atoms with Gasteiger partial charge >= 0.3 is 17.8 Å². The molecule has 2 N–H and O–H groups in total. The van der Waals surface area contributed by atoms with Crippen molar-refractivity contribution in [3.05, 3.63) is 77.9 Å². The molecule has 3 rings (SSSR count). The minimum Gasteiger partial charge on any atom is -0.497 e. The lowest BCUT2D eigenvalue weighted by atomic mass is 10.2.